The van der Waals surface area contributed by atoms with Gasteiger partial charge in [0, 0.05) is 54.0 Å². The summed E-state index contributed by atoms with van der Waals surface area (Å²) in [5, 5.41) is 4.65. The third-order valence-corrected chi connectivity index (χ3v) is 8.06. The van der Waals surface area contributed by atoms with Gasteiger partial charge in [-0.05, 0) is 53.8 Å². The first kappa shape index (κ1) is 29.4. The zero-order valence-corrected chi connectivity index (χ0v) is 27.3. The normalized spacial score (nSPS) is 11.0. The SMILES string of the molecule is Cc1ccc(-c2[c-]cccc2)nc1.[Ir].[c-]1ccc(-n2c3ccccc3c3ccc4c5ccccc5oc4c32)cc1-c1ccccn1. The Kier molecular flexibility index (Phi) is 8.02. The van der Waals surface area contributed by atoms with Gasteiger partial charge in [0.15, 0.2) is 5.58 Å². The third-order valence-electron chi connectivity index (χ3n) is 8.06. The van der Waals surface area contributed by atoms with Crippen molar-refractivity contribution in [3.05, 3.63) is 164 Å². The molecule has 0 atom stereocenters. The van der Waals surface area contributed by atoms with Crippen molar-refractivity contribution < 1.29 is 24.5 Å². The Morgan fingerprint density at radius 2 is 1.37 bits per heavy atom. The molecule has 0 aliphatic carbocycles. The van der Waals surface area contributed by atoms with Gasteiger partial charge in [-0.1, -0.05) is 66.7 Å². The fourth-order valence-electron chi connectivity index (χ4n) is 5.94. The van der Waals surface area contributed by atoms with Crippen LogP contribution in [0.4, 0.5) is 0 Å². The quantitative estimate of drug-likeness (QED) is 0.168. The third kappa shape index (κ3) is 5.30. The molecule has 4 aromatic heterocycles. The number of aromatic nitrogens is 3. The van der Waals surface area contributed by atoms with Crippen molar-refractivity contribution in [2.24, 2.45) is 0 Å². The van der Waals surface area contributed by atoms with E-state index in [4.69, 9.17) is 4.42 Å². The maximum absolute atomic E-state index is 6.43. The molecule has 0 amide bonds. The van der Waals surface area contributed by atoms with Crippen LogP contribution in [0.3, 0.4) is 0 Å². The summed E-state index contributed by atoms with van der Waals surface area (Å²) in [7, 11) is 0. The standard InChI is InChI=1S/C29H17N2O.C12H10N.Ir/c1-3-13-26-21(10-1)23-15-16-24-22-11-2-4-14-27(22)32-29(24)28(23)31(26)20-9-7-8-19(18-20)25-12-5-6-17-30-25;1-10-7-8-12(13-9-10)11-5-3-2-4-6-11;/h1-7,9-18H;2-5,7-9H,1H3;/q2*-1;. The second-order valence-corrected chi connectivity index (χ2v) is 11.0. The van der Waals surface area contributed by atoms with E-state index in [2.05, 4.69) is 93.4 Å². The fourth-order valence-corrected chi connectivity index (χ4v) is 5.94. The number of furan rings is 1. The average Bonchev–Trinajstić information content (AvgIpc) is 3.66. The molecule has 5 heteroatoms. The predicted octanol–water partition coefficient (Wildman–Crippen LogP) is 10.4. The fraction of sp³-hybridized carbons (Fsp3) is 0.0244. The first-order valence-electron chi connectivity index (χ1n) is 14.9. The van der Waals surface area contributed by atoms with E-state index in [0.29, 0.717) is 0 Å². The summed E-state index contributed by atoms with van der Waals surface area (Å²) >= 11 is 0. The molecule has 0 fully saturated rings. The Morgan fingerprint density at radius 3 is 2.17 bits per heavy atom. The van der Waals surface area contributed by atoms with Crippen molar-refractivity contribution in [1.29, 1.82) is 0 Å². The molecule has 0 aliphatic rings. The number of fused-ring (bicyclic) bond motifs is 7. The number of nitrogens with zero attached hydrogens (tertiary/aromatic N) is 3. The Morgan fingerprint density at radius 1 is 0.609 bits per heavy atom. The smallest absolute Gasteiger partial charge is 0.159 e. The topological polar surface area (TPSA) is 43.9 Å². The van der Waals surface area contributed by atoms with Crippen molar-refractivity contribution in [2.45, 2.75) is 6.92 Å². The van der Waals surface area contributed by atoms with E-state index in [9.17, 15) is 0 Å². The number of para-hydroxylation sites is 2. The number of hydrogen-bond donors (Lipinski definition) is 0. The van der Waals surface area contributed by atoms with Gasteiger partial charge in [0.05, 0.1) is 11.0 Å². The van der Waals surface area contributed by atoms with Crippen LogP contribution in [0.2, 0.25) is 0 Å². The molecule has 4 heterocycles. The maximum Gasteiger partial charge on any atom is 0.159 e. The van der Waals surface area contributed by atoms with E-state index in [1.54, 1.807) is 0 Å². The van der Waals surface area contributed by atoms with E-state index < -0.39 is 0 Å². The van der Waals surface area contributed by atoms with Crippen LogP contribution in [0.1, 0.15) is 5.56 Å². The van der Waals surface area contributed by atoms with Crippen molar-refractivity contribution in [1.82, 2.24) is 14.5 Å². The van der Waals surface area contributed by atoms with Gasteiger partial charge < -0.3 is 19.0 Å². The van der Waals surface area contributed by atoms with Gasteiger partial charge in [-0.3, -0.25) is 0 Å². The molecule has 9 rings (SSSR count). The van der Waals surface area contributed by atoms with Gasteiger partial charge in [0.25, 0.3) is 0 Å². The summed E-state index contributed by atoms with van der Waals surface area (Å²) in [4.78, 5) is 8.83. The Hall–Kier alpha value is -5.35. The zero-order chi connectivity index (χ0) is 30.2. The van der Waals surface area contributed by atoms with E-state index in [0.717, 1.165) is 61.2 Å². The summed E-state index contributed by atoms with van der Waals surface area (Å²) in [6.45, 7) is 2.03. The molecule has 46 heavy (non-hydrogen) atoms. The number of rotatable bonds is 3. The van der Waals surface area contributed by atoms with Crippen molar-refractivity contribution >= 4 is 43.7 Å². The summed E-state index contributed by atoms with van der Waals surface area (Å²) in [6.07, 6.45) is 3.68. The Balaban J connectivity index is 0.000000204. The van der Waals surface area contributed by atoms with Crippen LogP contribution >= 0.6 is 0 Å². The number of hydrogen-bond acceptors (Lipinski definition) is 3. The average molecular weight is 770 g/mol. The van der Waals surface area contributed by atoms with E-state index >= 15 is 0 Å². The van der Waals surface area contributed by atoms with Gasteiger partial charge >= 0.3 is 0 Å². The molecule has 223 valence electrons. The van der Waals surface area contributed by atoms with E-state index in [1.165, 1.54) is 16.3 Å². The first-order chi connectivity index (χ1) is 22.2. The van der Waals surface area contributed by atoms with Gasteiger partial charge in [-0.25, -0.2) is 0 Å². The van der Waals surface area contributed by atoms with Crippen LogP contribution in [0.15, 0.2) is 150 Å². The summed E-state index contributed by atoms with van der Waals surface area (Å²) < 4.78 is 8.73. The minimum atomic E-state index is 0. The van der Waals surface area contributed by atoms with Crippen LogP contribution < -0.4 is 0 Å². The summed E-state index contributed by atoms with van der Waals surface area (Å²) in [6, 6.07) is 51.7. The molecule has 5 aromatic carbocycles. The molecule has 0 aliphatic heterocycles. The molecule has 0 spiro atoms. The number of aryl methyl sites for hydroxylation is 1. The molecule has 0 saturated carbocycles. The molecule has 0 saturated heterocycles. The second kappa shape index (κ2) is 12.6. The maximum atomic E-state index is 6.43. The molecule has 9 aromatic rings. The van der Waals surface area contributed by atoms with Crippen molar-refractivity contribution in [3.8, 4) is 28.2 Å². The van der Waals surface area contributed by atoms with Crippen LogP contribution in [-0.4, -0.2) is 14.5 Å². The predicted molar refractivity (Wildman–Crippen MR) is 183 cm³/mol. The van der Waals surface area contributed by atoms with Crippen molar-refractivity contribution in [3.63, 3.8) is 0 Å². The second-order valence-electron chi connectivity index (χ2n) is 11.0. The molecular weight excluding hydrogens is 743 g/mol. The van der Waals surface area contributed by atoms with Crippen LogP contribution in [0.25, 0.3) is 71.9 Å². The van der Waals surface area contributed by atoms with Gasteiger partial charge in [0.2, 0.25) is 0 Å². The zero-order valence-electron chi connectivity index (χ0n) is 24.9. The van der Waals surface area contributed by atoms with Gasteiger partial charge in [0.1, 0.15) is 5.58 Å². The van der Waals surface area contributed by atoms with Gasteiger partial charge in [-0.2, -0.15) is 0 Å². The van der Waals surface area contributed by atoms with Gasteiger partial charge in [-0.15, -0.1) is 65.7 Å². The minimum absolute atomic E-state index is 0. The van der Waals surface area contributed by atoms with Crippen molar-refractivity contribution in [2.75, 3.05) is 0 Å². The monoisotopic (exact) mass is 770 g/mol. The molecule has 0 unspecified atom stereocenters. The molecule has 0 bridgehead atoms. The van der Waals surface area contributed by atoms with Crippen LogP contribution in [0.5, 0.6) is 0 Å². The molecule has 1 radical (unpaired) electrons. The molecule has 0 N–H and O–H groups in total. The first-order valence-corrected chi connectivity index (χ1v) is 14.9. The Bertz CT molecular complexity index is 2430. The summed E-state index contributed by atoms with van der Waals surface area (Å²) in [5.74, 6) is 0. The largest absolute Gasteiger partial charge is 0.454 e. The molecular formula is C41H27IrN3O-2. The number of pyridine rings is 2. The number of benzene rings is 5. The summed E-state index contributed by atoms with van der Waals surface area (Å²) in [5.41, 5.74) is 10.2. The molecule has 4 nitrogen and oxygen atoms in total. The van der Waals surface area contributed by atoms with Crippen LogP contribution in [-0.2, 0) is 20.1 Å². The Labute approximate surface area is 280 Å². The minimum Gasteiger partial charge on any atom is -0.454 e. The van der Waals surface area contributed by atoms with E-state index in [-0.39, 0.29) is 20.1 Å². The van der Waals surface area contributed by atoms with Crippen LogP contribution in [0, 0.1) is 19.1 Å². The van der Waals surface area contributed by atoms with E-state index in [1.807, 2.05) is 86.0 Å².